The van der Waals surface area contributed by atoms with Gasteiger partial charge in [0.05, 0.1) is 5.69 Å². The molecule has 0 aliphatic rings. The molecule has 0 spiro atoms. The van der Waals surface area contributed by atoms with Gasteiger partial charge < -0.3 is 0 Å². The van der Waals surface area contributed by atoms with Crippen LogP contribution in [0.3, 0.4) is 0 Å². The first-order chi connectivity index (χ1) is 13.1. The highest BCUT2D eigenvalue weighted by Crippen LogP contribution is 2.28. The molecule has 2 aromatic heterocycles. The molecule has 134 valence electrons. The summed E-state index contributed by atoms with van der Waals surface area (Å²) in [5, 5.41) is 10.8. The van der Waals surface area contributed by atoms with Crippen LogP contribution in [0.1, 0.15) is 10.4 Å². The molecule has 0 aliphatic carbocycles. The maximum absolute atomic E-state index is 12.8. The Balaban J connectivity index is 1.53. The Hall–Kier alpha value is -3.03. The Kier molecular flexibility index (Phi) is 4.70. The van der Waals surface area contributed by atoms with Gasteiger partial charge in [0.15, 0.2) is 5.13 Å². The molecule has 0 atom stereocenters. The van der Waals surface area contributed by atoms with Gasteiger partial charge in [-0.05, 0) is 36.4 Å². The first-order valence-electron chi connectivity index (χ1n) is 8.06. The highest BCUT2D eigenvalue weighted by Gasteiger charge is 2.17. The summed E-state index contributed by atoms with van der Waals surface area (Å²) in [7, 11) is 1.72. The second-order valence-corrected chi connectivity index (χ2v) is 7.08. The van der Waals surface area contributed by atoms with E-state index in [1.54, 1.807) is 41.3 Å². The molecule has 0 aliphatic heterocycles. The van der Waals surface area contributed by atoms with Crippen LogP contribution in [0.15, 0.2) is 66.6 Å². The zero-order chi connectivity index (χ0) is 18.8. The van der Waals surface area contributed by atoms with Crippen molar-refractivity contribution in [2.75, 3.05) is 11.9 Å². The van der Waals surface area contributed by atoms with E-state index in [2.05, 4.69) is 15.2 Å². The lowest BCUT2D eigenvalue weighted by molar-refractivity contribution is 0.0993. The van der Waals surface area contributed by atoms with Crippen molar-refractivity contribution in [2.45, 2.75) is 0 Å². The van der Waals surface area contributed by atoms with Gasteiger partial charge in [-0.15, -0.1) is 21.5 Å². The zero-order valence-corrected chi connectivity index (χ0v) is 15.9. The summed E-state index contributed by atoms with van der Waals surface area (Å²) in [6.07, 6.45) is 3.22. The Morgan fingerprint density at radius 1 is 1.04 bits per heavy atom. The number of carbonyl (C=O) groups is 1. The van der Waals surface area contributed by atoms with Crippen LogP contribution in [0, 0.1) is 0 Å². The number of nitrogens with zero attached hydrogens (tertiary/aromatic N) is 5. The molecule has 2 aromatic carbocycles. The van der Waals surface area contributed by atoms with Crippen molar-refractivity contribution in [3.05, 3.63) is 77.2 Å². The Labute approximate surface area is 164 Å². The van der Waals surface area contributed by atoms with Gasteiger partial charge in [0.25, 0.3) is 5.91 Å². The molecule has 8 heteroatoms. The smallest absolute Gasteiger partial charge is 0.259 e. The van der Waals surface area contributed by atoms with Crippen molar-refractivity contribution in [2.24, 2.45) is 0 Å². The minimum absolute atomic E-state index is 0.123. The number of aromatic nitrogens is 4. The second-order valence-electron chi connectivity index (χ2n) is 5.80. The van der Waals surface area contributed by atoms with Crippen LogP contribution in [0.25, 0.3) is 16.9 Å². The number of carbonyl (C=O) groups excluding carboxylic acids is 1. The molecule has 0 unspecified atom stereocenters. The normalized spacial score (nSPS) is 10.7. The molecule has 0 fully saturated rings. The number of hydrogen-bond acceptors (Lipinski definition) is 5. The van der Waals surface area contributed by atoms with Crippen molar-refractivity contribution in [3.63, 3.8) is 0 Å². The van der Waals surface area contributed by atoms with E-state index in [-0.39, 0.29) is 5.91 Å². The lowest BCUT2D eigenvalue weighted by Gasteiger charge is -2.14. The topological polar surface area (TPSA) is 63.9 Å². The summed E-state index contributed by atoms with van der Waals surface area (Å²) < 4.78 is 1.77. The van der Waals surface area contributed by atoms with Gasteiger partial charge in [-0.2, -0.15) is 0 Å². The predicted molar refractivity (Wildman–Crippen MR) is 107 cm³/mol. The summed E-state index contributed by atoms with van der Waals surface area (Å²) in [6.45, 7) is 0. The first-order valence-corrected chi connectivity index (χ1v) is 9.32. The third-order valence-corrected chi connectivity index (χ3v) is 5.22. The standard InChI is InChI=1S/C19H14ClN5OS/c1-24(19-23-17(10-27-19)13-2-6-15(20)7-3-13)18(26)14-4-8-16(9-5-14)25-11-21-22-12-25/h2-12H,1H3. The van der Waals surface area contributed by atoms with Gasteiger partial charge >= 0.3 is 0 Å². The fourth-order valence-corrected chi connectivity index (χ4v) is 3.49. The van der Waals surface area contributed by atoms with Crippen molar-refractivity contribution < 1.29 is 4.79 Å². The second kappa shape index (κ2) is 7.30. The van der Waals surface area contributed by atoms with E-state index in [0.29, 0.717) is 15.7 Å². The summed E-state index contributed by atoms with van der Waals surface area (Å²) in [5.74, 6) is -0.123. The van der Waals surface area contributed by atoms with Crippen LogP contribution in [0.2, 0.25) is 5.02 Å². The van der Waals surface area contributed by atoms with Crippen molar-refractivity contribution in [3.8, 4) is 16.9 Å². The quantitative estimate of drug-likeness (QED) is 0.516. The minimum Gasteiger partial charge on any atom is -0.288 e. The number of benzene rings is 2. The summed E-state index contributed by atoms with van der Waals surface area (Å²) in [5.41, 5.74) is 3.24. The van der Waals surface area contributed by atoms with E-state index >= 15 is 0 Å². The fraction of sp³-hybridized carbons (Fsp3) is 0.0526. The maximum atomic E-state index is 12.8. The van der Waals surface area contributed by atoms with E-state index in [1.807, 2.05) is 41.8 Å². The summed E-state index contributed by atoms with van der Waals surface area (Å²) in [4.78, 5) is 18.9. The first kappa shape index (κ1) is 17.4. The highest BCUT2D eigenvalue weighted by atomic mass is 35.5. The molecule has 0 saturated carbocycles. The monoisotopic (exact) mass is 395 g/mol. The van der Waals surface area contributed by atoms with Crippen LogP contribution in [-0.2, 0) is 0 Å². The SMILES string of the molecule is CN(C(=O)c1ccc(-n2cnnc2)cc1)c1nc(-c2ccc(Cl)cc2)cs1. The van der Waals surface area contributed by atoms with E-state index in [4.69, 9.17) is 11.6 Å². The van der Waals surface area contributed by atoms with Crippen LogP contribution in [0.5, 0.6) is 0 Å². The predicted octanol–water partition coefficient (Wildman–Crippen LogP) is 4.32. The number of anilines is 1. The largest absolute Gasteiger partial charge is 0.288 e. The van der Waals surface area contributed by atoms with Crippen LogP contribution in [0.4, 0.5) is 5.13 Å². The summed E-state index contributed by atoms with van der Waals surface area (Å²) >= 11 is 7.35. The highest BCUT2D eigenvalue weighted by molar-refractivity contribution is 7.14. The molecular formula is C19H14ClN5OS. The van der Waals surface area contributed by atoms with Gasteiger partial charge in [0.1, 0.15) is 12.7 Å². The molecule has 4 rings (SSSR count). The van der Waals surface area contributed by atoms with Crippen molar-refractivity contribution >= 4 is 34.0 Å². The third-order valence-electron chi connectivity index (χ3n) is 4.05. The molecule has 0 saturated heterocycles. The minimum atomic E-state index is -0.123. The fourth-order valence-electron chi connectivity index (χ4n) is 2.56. The molecule has 0 bridgehead atoms. The van der Waals surface area contributed by atoms with Crippen LogP contribution < -0.4 is 4.90 Å². The molecule has 27 heavy (non-hydrogen) atoms. The number of rotatable bonds is 4. The van der Waals surface area contributed by atoms with E-state index in [9.17, 15) is 4.79 Å². The number of thiazole rings is 1. The molecule has 2 heterocycles. The number of hydrogen-bond donors (Lipinski definition) is 0. The Bertz CT molecular complexity index is 1060. The average Bonchev–Trinajstić information content (AvgIpc) is 3.40. The van der Waals surface area contributed by atoms with E-state index in [1.165, 1.54) is 11.3 Å². The molecule has 4 aromatic rings. The Morgan fingerprint density at radius 3 is 2.37 bits per heavy atom. The van der Waals surface area contributed by atoms with Crippen LogP contribution >= 0.6 is 22.9 Å². The third kappa shape index (κ3) is 3.60. The van der Waals surface area contributed by atoms with E-state index in [0.717, 1.165) is 16.9 Å². The van der Waals surface area contributed by atoms with Crippen molar-refractivity contribution in [1.29, 1.82) is 0 Å². The molecular weight excluding hydrogens is 382 g/mol. The molecule has 0 N–H and O–H groups in total. The Morgan fingerprint density at radius 2 is 1.70 bits per heavy atom. The van der Waals surface area contributed by atoms with Gasteiger partial charge in [0, 0.05) is 34.3 Å². The molecule has 1 amide bonds. The maximum Gasteiger partial charge on any atom is 0.259 e. The zero-order valence-electron chi connectivity index (χ0n) is 14.3. The van der Waals surface area contributed by atoms with E-state index < -0.39 is 0 Å². The lowest BCUT2D eigenvalue weighted by Crippen LogP contribution is -2.26. The lowest BCUT2D eigenvalue weighted by atomic mass is 10.2. The van der Waals surface area contributed by atoms with Gasteiger partial charge in [-0.3, -0.25) is 14.3 Å². The molecule has 0 radical (unpaired) electrons. The van der Waals surface area contributed by atoms with Gasteiger partial charge in [0.2, 0.25) is 0 Å². The summed E-state index contributed by atoms with van der Waals surface area (Å²) in [6, 6.07) is 14.7. The number of halogens is 1. The van der Waals surface area contributed by atoms with Gasteiger partial charge in [-0.25, -0.2) is 4.98 Å². The molecule has 6 nitrogen and oxygen atoms in total. The van der Waals surface area contributed by atoms with Gasteiger partial charge in [-0.1, -0.05) is 23.7 Å². The van der Waals surface area contributed by atoms with Crippen LogP contribution in [-0.4, -0.2) is 32.7 Å². The number of amides is 1. The van der Waals surface area contributed by atoms with Crippen molar-refractivity contribution in [1.82, 2.24) is 19.7 Å². The average molecular weight is 396 g/mol.